The van der Waals surface area contributed by atoms with Crippen LogP contribution in [0.4, 0.5) is 10.1 Å². The number of pyridine rings is 1. The van der Waals surface area contributed by atoms with E-state index in [2.05, 4.69) is 10.1 Å². The quantitative estimate of drug-likeness (QED) is 0.474. The lowest BCUT2D eigenvalue weighted by Crippen LogP contribution is -2.30. The van der Waals surface area contributed by atoms with Crippen LogP contribution in [-0.4, -0.2) is 34.9 Å². The number of methoxy groups -OCH3 is 1. The average molecular weight is 434 g/mol. The molecule has 5 rings (SSSR count). The summed E-state index contributed by atoms with van der Waals surface area (Å²) in [5.41, 5.74) is 1.72. The number of piperidine rings is 1. The molecule has 0 saturated carbocycles. The molecule has 4 aromatic rings. The van der Waals surface area contributed by atoms with Crippen molar-refractivity contribution in [3.05, 3.63) is 58.6 Å². The molecule has 0 unspecified atom stereocenters. The van der Waals surface area contributed by atoms with Crippen molar-refractivity contribution in [2.24, 2.45) is 7.05 Å². The standard InChI is InChI=1S/C24H23FN4O3/c1-28-14-17(24-26-23(27-32-24)15-8-4-5-9-21(15)31-2)22(30)16-12-18(25)20(13-19(16)28)29-10-6-3-7-11-29/h4-5,8-9,12-14H,3,6-7,10-11H2,1-2H3. The van der Waals surface area contributed by atoms with E-state index in [1.165, 1.54) is 6.07 Å². The number of hydrogen-bond acceptors (Lipinski definition) is 6. The molecule has 2 aromatic heterocycles. The van der Waals surface area contributed by atoms with Gasteiger partial charge in [0.25, 0.3) is 5.89 Å². The Balaban J connectivity index is 1.60. The molecule has 32 heavy (non-hydrogen) atoms. The summed E-state index contributed by atoms with van der Waals surface area (Å²) in [5, 5.41) is 4.30. The zero-order chi connectivity index (χ0) is 22.2. The summed E-state index contributed by atoms with van der Waals surface area (Å²) in [6.07, 6.45) is 4.90. The Bertz CT molecular complexity index is 1360. The van der Waals surface area contributed by atoms with Crippen LogP contribution in [0.15, 0.2) is 51.9 Å². The van der Waals surface area contributed by atoms with E-state index in [1.54, 1.807) is 30.0 Å². The van der Waals surface area contributed by atoms with Gasteiger partial charge in [0.15, 0.2) is 0 Å². The zero-order valence-corrected chi connectivity index (χ0v) is 18.0. The van der Waals surface area contributed by atoms with Gasteiger partial charge < -0.3 is 18.7 Å². The smallest absolute Gasteiger partial charge is 0.263 e. The van der Waals surface area contributed by atoms with Crippen molar-refractivity contribution in [1.29, 1.82) is 0 Å². The number of hydrogen-bond donors (Lipinski definition) is 0. The minimum Gasteiger partial charge on any atom is -0.496 e. The maximum atomic E-state index is 15.0. The number of anilines is 1. The van der Waals surface area contributed by atoms with Gasteiger partial charge in [-0.2, -0.15) is 4.98 Å². The molecule has 0 spiro atoms. The Kier molecular flexibility index (Phi) is 5.13. The normalized spacial score (nSPS) is 14.2. The number of para-hydroxylation sites is 1. The molecule has 0 amide bonds. The fourth-order valence-corrected chi connectivity index (χ4v) is 4.29. The van der Waals surface area contributed by atoms with Gasteiger partial charge in [-0.1, -0.05) is 17.3 Å². The van der Waals surface area contributed by atoms with E-state index in [4.69, 9.17) is 9.26 Å². The van der Waals surface area contributed by atoms with Crippen molar-refractivity contribution in [3.8, 4) is 28.6 Å². The first-order valence-electron chi connectivity index (χ1n) is 10.6. The summed E-state index contributed by atoms with van der Waals surface area (Å²) in [7, 11) is 3.38. The molecule has 0 radical (unpaired) electrons. The second-order valence-corrected chi connectivity index (χ2v) is 7.97. The molecule has 0 atom stereocenters. The molecular weight excluding hydrogens is 411 g/mol. The number of aryl methyl sites for hydroxylation is 1. The van der Waals surface area contributed by atoms with Gasteiger partial charge in [-0.25, -0.2) is 4.39 Å². The lowest BCUT2D eigenvalue weighted by molar-refractivity contribution is 0.413. The maximum Gasteiger partial charge on any atom is 0.263 e. The summed E-state index contributed by atoms with van der Waals surface area (Å²) in [6, 6.07) is 10.4. The first-order valence-corrected chi connectivity index (χ1v) is 10.6. The average Bonchev–Trinajstić information content (AvgIpc) is 3.31. The lowest BCUT2D eigenvalue weighted by atomic mass is 10.1. The number of fused-ring (bicyclic) bond motifs is 1. The first kappa shape index (κ1) is 20.2. The molecule has 8 heteroatoms. The second kappa shape index (κ2) is 8.11. The van der Waals surface area contributed by atoms with Crippen molar-refractivity contribution in [2.75, 3.05) is 25.1 Å². The Morgan fingerprint density at radius 2 is 1.88 bits per heavy atom. The van der Waals surface area contributed by atoms with Gasteiger partial charge in [0.2, 0.25) is 11.3 Å². The fraction of sp³-hybridized carbons (Fsp3) is 0.292. The first-order chi connectivity index (χ1) is 15.6. The molecule has 1 saturated heterocycles. The van der Waals surface area contributed by atoms with E-state index < -0.39 is 5.82 Å². The summed E-state index contributed by atoms with van der Waals surface area (Å²) < 4.78 is 27.6. The predicted octanol–water partition coefficient (Wildman–Crippen LogP) is 4.39. The predicted molar refractivity (Wildman–Crippen MR) is 120 cm³/mol. The molecule has 164 valence electrons. The number of nitrogens with zero attached hydrogens (tertiary/aromatic N) is 4. The van der Waals surface area contributed by atoms with Crippen LogP contribution in [0.25, 0.3) is 33.7 Å². The highest BCUT2D eigenvalue weighted by Crippen LogP contribution is 2.30. The monoisotopic (exact) mass is 434 g/mol. The van der Waals surface area contributed by atoms with Crippen LogP contribution >= 0.6 is 0 Å². The van der Waals surface area contributed by atoms with Gasteiger partial charge in [0.1, 0.15) is 17.1 Å². The van der Waals surface area contributed by atoms with Gasteiger partial charge in [-0.05, 0) is 43.5 Å². The molecule has 2 aromatic carbocycles. The van der Waals surface area contributed by atoms with E-state index in [0.29, 0.717) is 28.3 Å². The number of halogens is 1. The minimum atomic E-state index is -0.395. The number of aromatic nitrogens is 3. The summed E-state index contributed by atoms with van der Waals surface area (Å²) in [6.45, 7) is 1.64. The number of ether oxygens (including phenoxy) is 1. The van der Waals surface area contributed by atoms with Gasteiger partial charge in [0, 0.05) is 31.7 Å². The van der Waals surface area contributed by atoms with Crippen LogP contribution in [0.5, 0.6) is 5.75 Å². The lowest BCUT2D eigenvalue weighted by Gasteiger charge is -2.29. The molecule has 1 aliphatic rings. The van der Waals surface area contributed by atoms with Crippen molar-refractivity contribution in [2.45, 2.75) is 19.3 Å². The molecule has 0 aliphatic carbocycles. The molecule has 1 fully saturated rings. The molecule has 3 heterocycles. The topological polar surface area (TPSA) is 73.4 Å². The Hall–Kier alpha value is -3.68. The third-order valence-corrected chi connectivity index (χ3v) is 5.96. The van der Waals surface area contributed by atoms with Crippen molar-refractivity contribution >= 4 is 16.6 Å². The highest BCUT2D eigenvalue weighted by atomic mass is 19.1. The minimum absolute atomic E-state index is 0.0777. The molecule has 0 N–H and O–H groups in total. The van der Waals surface area contributed by atoms with Crippen LogP contribution in [0.2, 0.25) is 0 Å². The van der Waals surface area contributed by atoms with E-state index in [0.717, 1.165) is 32.4 Å². The third kappa shape index (κ3) is 3.41. The fourth-order valence-electron chi connectivity index (χ4n) is 4.29. The highest BCUT2D eigenvalue weighted by Gasteiger charge is 2.21. The number of rotatable bonds is 4. The zero-order valence-electron chi connectivity index (χ0n) is 18.0. The van der Waals surface area contributed by atoms with Crippen molar-refractivity contribution < 1.29 is 13.7 Å². The summed E-state index contributed by atoms with van der Waals surface area (Å²) >= 11 is 0. The Labute approximate surface area is 184 Å². The van der Waals surface area contributed by atoms with Crippen molar-refractivity contribution in [1.82, 2.24) is 14.7 Å². The Morgan fingerprint density at radius 1 is 1.09 bits per heavy atom. The molecular formula is C24H23FN4O3. The van der Waals surface area contributed by atoms with Gasteiger partial charge in [-0.3, -0.25) is 4.79 Å². The molecule has 1 aliphatic heterocycles. The van der Waals surface area contributed by atoms with E-state index in [9.17, 15) is 4.79 Å². The van der Waals surface area contributed by atoms with Crippen LogP contribution < -0.4 is 15.1 Å². The van der Waals surface area contributed by atoms with Crippen LogP contribution in [0.1, 0.15) is 19.3 Å². The van der Waals surface area contributed by atoms with Gasteiger partial charge >= 0.3 is 0 Å². The van der Waals surface area contributed by atoms with E-state index in [-0.39, 0.29) is 22.3 Å². The van der Waals surface area contributed by atoms with Crippen LogP contribution in [0.3, 0.4) is 0 Å². The third-order valence-electron chi connectivity index (χ3n) is 5.96. The largest absolute Gasteiger partial charge is 0.496 e. The Morgan fingerprint density at radius 3 is 2.66 bits per heavy atom. The van der Waals surface area contributed by atoms with Gasteiger partial charge in [0.05, 0.1) is 23.9 Å². The highest BCUT2D eigenvalue weighted by molar-refractivity contribution is 5.86. The van der Waals surface area contributed by atoms with Gasteiger partial charge in [-0.15, -0.1) is 0 Å². The van der Waals surface area contributed by atoms with Crippen molar-refractivity contribution in [3.63, 3.8) is 0 Å². The van der Waals surface area contributed by atoms with Crippen LogP contribution in [-0.2, 0) is 7.05 Å². The van der Waals surface area contributed by atoms with E-state index >= 15 is 4.39 Å². The number of benzene rings is 2. The maximum absolute atomic E-state index is 15.0. The molecule has 7 nitrogen and oxygen atoms in total. The summed E-state index contributed by atoms with van der Waals surface area (Å²) in [4.78, 5) is 19.7. The van der Waals surface area contributed by atoms with E-state index in [1.807, 2.05) is 30.1 Å². The van der Waals surface area contributed by atoms with Crippen LogP contribution in [0, 0.1) is 5.82 Å². The summed E-state index contributed by atoms with van der Waals surface area (Å²) in [5.74, 6) is 0.590. The second-order valence-electron chi connectivity index (χ2n) is 7.97. The SMILES string of the molecule is COc1ccccc1-c1noc(-c2cn(C)c3cc(N4CCCCC4)c(F)cc3c2=O)n1. The molecule has 0 bridgehead atoms.